The monoisotopic (exact) mass is 247 g/mol. The summed E-state index contributed by atoms with van der Waals surface area (Å²) in [6.45, 7) is 4.03. The molecule has 0 bridgehead atoms. The van der Waals surface area contributed by atoms with Crippen molar-refractivity contribution in [1.29, 1.82) is 0 Å². The summed E-state index contributed by atoms with van der Waals surface area (Å²) in [5, 5.41) is 12.0. The molecule has 1 aromatic carbocycles. The minimum atomic E-state index is 0.0970. The molecule has 0 spiro atoms. The highest BCUT2D eigenvalue weighted by atomic mass is 35.5. The summed E-state index contributed by atoms with van der Waals surface area (Å²) in [6.07, 6.45) is 1.73. The molecule has 0 saturated carbocycles. The lowest BCUT2D eigenvalue weighted by atomic mass is 10.1. The van der Waals surface area contributed by atoms with Crippen LogP contribution in [0, 0.1) is 6.92 Å². The lowest BCUT2D eigenvalue weighted by Gasteiger charge is -2.15. The van der Waals surface area contributed by atoms with Crippen LogP contribution in [-0.4, -0.2) is 10.2 Å². The molecular formula is C13H14ClN3. The van der Waals surface area contributed by atoms with Crippen LogP contribution in [0.3, 0.4) is 0 Å². The number of rotatable bonds is 3. The average molecular weight is 248 g/mol. The highest BCUT2D eigenvalue weighted by Gasteiger charge is 2.09. The van der Waals surface area contributed by atoms with E-state index in [-0.39, 0.29) is 6.04 Å². The van der Waals surface area contributed by atoms with Crippen LogP contribution in [0.4, 0.5) is 5.82 Å². The first-order valence-electron chi connectivity index (χ1n) is 5.47. The van der Waals surface area contributed by atoms with Gasteiger partial charge in [-0.15, -0.1) is 5.10 Å². The molecule has 0 amide bonds. The molecule has 0 saturated heterocycles. The second-order valence-corrected chi connectivity index (χ2v) is 4.41. The molecule has 0 fully saturated rings. The smallest absolute Gasteiger partial charge is 0.149 e. The molecule has 1 heterocycles. The van der Waals surface area contributed by atoms with Gasteiger partial charge < -0.3 is 5.32 Å². The number of nitrogens with one attached hydrogen (secondary N) is 1. The Morgan fingerprint density at radius 3 is 2.76 bits per heavy atom. The van der Waals surface area contributed by atoms with Crippen molar-refractivity contribution in [3.63, 3.8) is 0 Å². The molecule has 2 aromatic rings. The number of halogens is 1. The first-order valence-corrected chi connectivity index (χ1v) is 5.85. The summed E-state index contributed by atoms with van der Waals surface area (Å²) in [4.78, 5) is 0. The lowest BCUT2D eigenvalue weighted by Crippen LogP contribution is -2.09. The van der Waals surface area contributed by atoms with Crippen LogP contribution in [0.25, 0.3) is 0 Å². The van der Waals surface area contributed by atoms with Crippen molar-refractivity contribution in [2.75, 3.05) is 5.32 Å². The van der Waals surface area contributed by atoms with E-state index in [0.29, 0.717) is 0 Å². The lowest BCUT2D eigenvalue weighted by molar-refractivity contribution is 0.859. The van der Waals surface area contributed by atoms with Gasteiger partial charge in [-0.1, -0.05) is 29.8 Å². The number of anilines is 1. The third kappa shape index (κ3) is 2.94. The van der Waals surface area contributed by atoms with Crippen LogP contribution in [-0.2, 0) is 0 Å². The first-order chi connectivity index (χ1) is 8.16. The second kappa shape index (κ2) is 5.15. The van der Waals surface area contributed by atoms with Crippen LogP contribution in [0.1, 0.15) is 24.1 Å². The zero-order valence-electron chi connectivity index (χ0n) is 9.81. The summed E-state index contributed by atoms with van der Waals surface area (Å²) in [6, 6.07) is 9.84. The third-order valence-corrected chi connectivity index (χ3v) is 2.87. The summed E-state index contributed by atoms with van der Waals surface area (Å²) in [5.74, 6) is 0.761. The van der Waals surface area contributed by atoms with E-state index < -0.39 is 0 Å². The fraction of sp³-hybridized carbons (Fsp3) is 0.231. The zero-order chi connectivity index (χ0) is 12.3. The van der Waals surface area contributed by atoms with Crippen LogP contribution < -0.4 is 5.32 Å². The maximum absolute atomic E-state index is 6.14. The van der Waals surface area contributed by atoms with Gasteiger partial charge in [0.1, 0.15) is 5.82 Å². The Balaban J connectivity index is 2.17. The molecule has 2 rings (SSSR count). The summed E-state index contributed by atoms with van der Waals surface area (Å²) in [7, 11) is 0. The van der Waals surface area contributed by atoms with Crippen molar-refractivity contribution >= 4 is 17.4 Å². The molecule has 0 aliphatic carbocycles. The summed E-state index contributed by atoms with van der Waals surface area (Å²) < 4.78 is 0. The van der Waals surface area contributed by atoms with E-state index in [2.05, 4.69) is 15.5 Å². The van der Waals surface area contributed by atoms with Crippen LogP contribution in [0.2, 0.25) is 5.02 Å². The number of hydrogen-bond donors (Lipinski definition) is 1. The van der Waals surface area contributed by atoms with Crippen molar-refractivity contribution in [3.8, 4) is 0 Å². The molecule has 1 unspecified atom stereocenters. The minimum Gasteiger partial charge on any atom is -0.362 e. The Morgan fingerprint density at radius 2 is 2.06 bits per heavy atom. The van der Waals surface area contributed by atoms with E-state index in [4.69, 9.17) is 11.6 Å². The minimum absolute atomic E-state index is 0.0970. The van der Waals surface area contributed by atoms with E-state index in [1.807, 2.05) is 44.2 Å². The van der Waals surface area contributed by atoms with Gasteiger partial charge in [0.25, 0.3) is 0 Å². The van der Waals surface area contributed by atoms with Crippen molar-refractivity contribution in [2.45, 2.75) is 19.9 Å². The quantitative estimate of drug-likeness (QED) is 0.900. The van der Waals surface area contributed by atoms with Gasteiger partial charge in [-0.2, -0.15) is 5.10 Å². The van der Waals surface area contributed by atoms with Gasteiger partial charge in [-0.3, -0.25) is 0 Å². The molecule has 0 aliphatic heterocycles. The predicted octanol–water partition coefficient (Wildman–Crippen LogP) is 3.61. The van der Waals surface area contributed by atoms with Crippen LogP contribution in [0.15, 0.2) is 36.5 Å². The van der Waals surface area contributed by atoms with E-state index in [9.17, 15) is 0 Å². The third-order valence-electron chi connectivity index (χ3n) is 2.53. The topological polar surface area (TPSA) is 37.8 Å². The Labute approximate surface area is 106 Å². The van der Waals surface area contributed by atoms with Crippen molar-refractivity contribution in [1.82, 2.24) is 10.2 Å². The Hall–Kier alpha value is -1.61. The average Bonchev–Trinajstić information content (AvgIpc) is 2.29. The number of nitrogens with zero attached hydrogens (tertiary/aromatic N) is 2. The molecular weight excluding hydrogens is 234 g/mol. The number of hydrogen-bond acceptors (Lipinski definition) is 3. The molecule has 0 radical (unpaired) electrons. The van der Waals surface area contributed by atoms with Gasteiger partial charge in [0.2, 0.25) is 0 Å². The second-order valence-electron chi connectivity index (χ2n) is 4.01. The fourth-order valence-corrected chi connectivity index (χ4v) is 1.96. The van der Waals surface area contributed by atoms with E-state index in [0.717, 1.165) is 22.0 Å². The SMILES string of the molecule is Cc1cnnc(NC(C)c2ccccc2Cl)c1. The maximum atomic E-state index is 6.14. The van der Waals surface area contributed by atoms with Gasteiger partial charge in [0.05, 0.1) is 12.2 Å². The largest absolute Gasteiger partial charge is 0.362 e. The number of aromatic nitrogens is 2. The normalized spacial score (nSPS) is 12.2. The molecule has 1 aromatic heterocycles. The standard InChI is InChI=1S/C13H14ClN3/c1-9-7-13(17-15-8-9)16-10(2)11-5-3-4-6-12(11)14/h3-8,10H,1-2H3,(H,16,17). The number of benzene rings is 1. The Bertz CT molecular complexity index is 514. The van der Waals surface area contributed by atoms with Crippen molar-refractivity contribution in [2.24, 2.45) is 0 Å². The molecule has 0 aliphatic rings. The van der Waals surface area contributed by atoms with Crippen LogP contribution >= 0.6 is 11.6 Å². The Morgan fingerprint density at radius 1 is 1.29 bits per heavy atom. The van der Waals surface area contributed by atoms with E-state index in [1.54, 1.807) is 6.20 Å². The number of aryl methyl sites for hydroxylation is 1. The maximum Gasteiger partial charge on any atom is 0.149 e. The van der Waals surface area contributed by atoms with Gasteiger partial charge in [0.15, 0.2) is 0 Å². The molecule has 17 heavy (non-hydrogen) atoms. The summed E-state index contributed by atoms with van der Waals surface area (Å²) in [5.41, 5.74) is 2.13. The van der Waals surface area contributed by atoms with E-state index >= 15 is 0 Å². The zero-order valence-corrected chi connectivity index (χ0v) is 10.6. The molecule has 1 N–H and O–H groups in total. The van der Waals surface area contributed by atoms with Gasteiger partial charge in [0, 0.05) is 5.02 Å². The van der Waals surface area contributed by atoms with Gasteiger partial charge in [-0.05, 0) is 37.1 Å². The molecule has 88 valence electrons. The van der Waals surface area contributed by atoms with Gasteiger partial charge >= 0.3 is 0 Å². The molecule has 4 heteroatoms. The highest BCUT2D eigenvalue weighted by molar-refractivity contribution is 6.31. The highest BCUT2D eigenvalue weighted by Crippen LogP contribution is 2.24. The van der Waals surface area contributed by atoms with Gasteiger partial charge in [-0.25, -0.2) is 0 Å². The van der Waals surface area contributed by atoms with Crippen molar-refractivity contribution in [3.05, 3.63) is 52.7 Å². The van der Waals surface area contributed by atoms with Crippen LogP contribution in [0.5, 0.6) is 0 Å². The van der Waals surface area contributed by atoms with Crippen molar-refractivity contribution < 1.29 is 0 Å². The molecule has 3 nitrogen and oxygen atoms in total. The molecule has 1 atom stereocenters. The predicted molar refractivity (Wildman–Crippen MR) is 70.3 cm³/mol. The fourth-order valence-electron chi connectivity index (χ4n) is 1.66. The first kappa shape index (κ1) is 11.9. The Kier molecular flexibility index (Phi) is 3.59. The van der Waals surface area contributed by atoms with E-state index in [1.165, 1.54) is 0 Å². The summed E-state index contributed by atoms with van der Waals surface area (Å²) >= 11 is 6.14.